The molecule has 4 rings (SSSR count). The van der Waals surface area contributed by atoms with Crippen LogP contribution in [0, 0.1) is 13.8 Å². The number of amides is 2. The van der Waals surface area contributed by atoms with Gasteiger partial charge in [0.05, 0.1) is 23.7 Å². The zero-order chi connectivity index (χ0) is 24.1. The number of benzene rings is 2. The number of carbonyl (C=O) groups excluding carboxylic acids is 2. The minimum absolute atomic E-state index is 0.0758. The topological polar surface area (TPSA) is 104 Å². The quantitative estimate of drug-likeness (QED) is 0.535. The van der Waals surface area contributed by atoms with E-state index in [0.29, 0.717) is 29.9 Å². The van der Waals surface area contributed by atoms with E-state index in [9.17, 15) is 14.4 Å². The molecular formula is C26H30N4O4. The Bertz CT molecular complexity index is 1250. The van der Waals surface area contributed by atoms with Gasteiger partial charge in [-0.25, -0.2) is 4.98 Å². The lowest BCUT2D eigenvalue weighted by Crippen LogP contribution is -2.42. The fourth-order valence-corrected chi connectivity index (χ4v) is 4.16. The maximum atomic E-state index is 13.1. The molecule has 0 spiro atoms. The first kappa shape index (κ1) is 23.6. The summed E-state index contributed by atoms with van der Waals surface area (Å²) in [5, 5.41) is 2.92. The van der Waals surface area contributed by atoms with Crippen LogP contribution in [0.1, 0.15) is 36.1 Å². The third kappa shape index (κ3) is 5.69. The van der Waals surface area contributed by atoms with E-state index in [2.05, 4.69) is 15.3 Å². The normalized spacial score (nSPS) is 15.4. The van der Waals surface area contributed by atoms with E-state index in [1.54, 1.807) is 6.07 Å². The van der Waals surface area contributed by atoms with Gasteiger partial charge in [0.15, 0.2) is 0 Å². The summed E-state index contributed by atoms with van der Waals surface area (Å²) in [5.41, 5.74) is 4.15. The van der Waals surface area contributed by atoms with Crippen LogP contribution in [-0.4, -0.2) is 52.5 Å². The molecule has 0 aliphatic carbocycles. The molecule has 0 radical (unpaired) electrons. The molecule has 1 unspecified atom stereocenters. The molecule has 0 bridgehead atoms. The molecule has 2 amide bonds. The minimum atomic E-state index is -0.301. The van der Waals surface area contributed by atoms with E-state index >= 15 is 0 Å². The Hall–Kier alpha value is -3.52. The van der Waals surface area contributed by atoms with E-state index < -0.39 is 0 Å². The van der Waals surface area contributed by atoms with Gasteiger partial charge in [-0.1, -0.05) is 24.3 Å². The van der Waals surface area contributed by atoms with Crippen molar-refractivity contribution in [3.8, 4) is 0 Å². The molecule has 0 saturated carbocycles. The highest BCUT2D eigenvalue weighted by atomic mass is 16.5. The van der Waals surface area contributed by atoms with Gasteiger partial charge in [-0.2, -0.15) is 0 Å². The molecule has 1 aliphatic heterocycles. The minimum Gasteiger partial charge on any atom is -0.376 e. The Morgan fingerprint density at radius 3 is 2.79 bits per heavy atom. The van der Waals surface area contributed by atoms with Crippen LogP contribution < -0.4 is 10.9 Å². The Morgan fingerprint density at radius 2 is 2.00 bits per heavy atom. The van der Waals surface area contributed by atoms with Crippen molar-refractivity contribution in [1.82, 2.24) is 14.9 Å². The van der Waals surface area contributed by atoms with Crippen LogP contribution in [0.15, 0.2) is 47.3 Å². The van der Waals surface area contributed by atoms with Gasteiger partial charge in [0, 0.05) is 31.7 Å². The molecule has 1 saturated heterocycles. The van der Waals surface area contributed by atoms with Gasteiger partial charge in [-0.15, -0.1) is 0 Å². The fourth-order valence-electron chi connectivity index (χ4n) is 4.16. The summed E-state index contributed by atoms with van der Waals surface area (Å²) in [5.74, 6) is -0.470. The number of nitrogens with zero attached hydrogens (tertiary/aromatic N) is 2. The average Bonchev–Trinajstić information content (AvgIpc) is 3.33. The number of anilines is 1. The van der Waals surface area contributed by atoms with Crippen LogP contribution in [-0.2, 0) is 20.7 Å². The Morgan fingerprint density at radius 1 is 1.18 bits per heavy atom. The molecule has 2 N–H and O–H groups in total. The summed E-state index contributed by atoms with van der Waals surface area (Å²) in [4.78, 5) is 47.1. The molecule has 1 aromatic heterocycles. The number of para-hydroxylation sites is 2. The predicted octanol–water partition coefficient (Wildman–Crippen LogP) is 3.12. The number of nitrogens with one attached hydrogen (secondary N) is 2. The lowest BCUT2D eigenvalue weighted by Gasteiger charge is -2.25. The molecule has 8 nitrogen and oxygen atoms in total. The van der Waals surface area contributed by atoms with Gasteiger partial charge in [-0.05, 0) is 56.0 Å². The summed E-state index contributed by atoms with van der Waals surface area (Å²) < 4.78 is 5.71. The van der Waals surface area contributed by atoms with Crippen molar-refractivity contribution in [3.63, 3.8) is 0 Å². The van der Waals surface area contributed by atoms with Crippen LogP contribution in [0.25, 0.3) is 11.0 Å². The number of rotatable bonds is 8. The maximum Gasteiger partial charge on any atom is 0.270 e. The van der Waals surface area contributed by atoms with Crippen molar-refractivity contribution in [1.29, 1.82) is 0 Å². The van der Waals surface area contributed by atoms with Crippen molar-refractivity contribution >= 4 is 28.5 Å². The van der Waals surface area contributed by atoms with E-state index in [0.717, 1.165) is 29.7 Å². The zero-order valence-electron chi connectivity index (χ0n) is 19.6. The van der Waals surface area contributed by atoms with Gasteiger partial charge in [-0.3, -0.25) is 14.4 Å². The SMILES string of the molecule is Cc1cccc(NC(=O)CN(CC2CCCO2)C(=O)CCc2nc3ccccc3[nH]c2=O)c1C. The van der Waals surface area contributed by atoms with Gasteiger partial charge < -0.3 is 19.9 Å². The number of H-pyrrole nitrogens is 1. The molecule has 1 atom stereocenters. The fraction of sp³-hybridized carbons (Fsp3) is 0.385. The van der Waals surface area contributed by atoms with Crippen molar-refractivity contribution in [3.05, 3.63) is 69.6 Å². The summed E-state index contributed by atoms with van der Waals surface area (Å²) in [6.07, 6.45) is 1.99. The molecule has 1 fully saturated rings. The number of aromatic nitrogens is 2. The van der Waals surface area contributed by atoms with Crippen LogP contribution in [0.4, 0.5) is 5.69 Å². The molecule has 2 aromatic carbocycles. The highest BCUT2D eigenvalue weighted by Gasteiger charge is 2.25. The van der Waals surface area contributed by atoms with E-state index in [4.69, 9.17) is 4.74 Å². The number of aryl methyl sites for hydroxylation is 2. The standard InChI is InChI=1S/C26H30N4O4/c1-17-7-5-11-20(18(17)2)28-24(31)16-30(15-19-8-6-14-34-19)25(32)13-12-23-26(33)29-22-10-4-3-9-21(22)27-23/h3-5,7,9-11,19H,6,8,12-16H2,1-2H3,(H,28,31)(H,29,33). The highest BCUT2D eigenvalue weighted by molar-refractivity contribution is 5.95. The monoisotopic (exact) mass is 462 g/mol. The first-order valence-corrected chi connectivity index (χ1v) is 11.6. The first-order chi connectivity index (χ1) is 16.4. The van der Waals surface area contributed by atoms with Crippen molar-refractivity contribution in [2.45, 2.75) is 45.6 Å². The van der Waals surface area contributed by atoms with Gasteiger partial charge in [0.2, 0.25) is 11.8 Å². The third-order valence-electron chi connectivity index (χ3n) is 6.26. The van der Waals surface area contributed by atoms with Crippen molar-refractivity contribution in [2.75, 3.05) is 25.0 Å². The van der Waals surface area contributed by atoms with Crippen LogP contribution in [0.2, 0.25) is 0 Å². The number of fused-ring (bicyclic) bond motifs is 1. The summed E-state index contributed by atoms with van der Waals surface area (Å²) in [6, 6.07) is 13.0. The molecule has 1 aliphatic rings. The summed E-state index contributed by atoms with van der Waals surface area (Å²) in [6.45, 7) is 4.88. The van der Waals surface area contributed by atoms with Crippen LogP contribution in [0.5, 0.6) is 0 Å². The molecule has 8 heteroatoms. The van der Waals surface area contributed by atoms with E-state index in [1.165, 1.54) is 4.90 Å². The lowest BCUT2D eigenvalue weighted by molar-refractivity contribution is -0.136. The van der Waals surface area contributed by atoms with Crippen molar-refractivity contribution in [2.24, 2.45) is 0 Å². The predicted molar refractivity (Wildman–Crippen MR) is 131 cm³/mol. The number of hydrogen-bond donors (Lipinski definition) is 2. The summed E-state index contributed by atoms with van der Waals surface area (Å²) >= 11 is 0. The molecule has 178 valence electrons. The largest absolute Gasteiger partial charge is 0.376 e. The zero-order valence-corrected chi connectivity index (χ0v) is 19.6. The van der Waals surface area contributed by atoms with Gasteiger partial charge in [0.25, 0.3) is 5.56 Å². The molecule has 3 aromatic rings. The molecular weight excluding hydrogens is 432 g/mol. The Kier molecular flexibility index (Phi) is 7.37. The number of aromatic amines is 1. The lowest BCUT2D eigenvalue weighted by atomic mass is 10.1. The summed E-state index contributed by atoms with van der Waals surface area (Å²) in [7, 11) is 0. The van der Waals surface area contributed by atoms with E-state index in [-0.39, 0.29) is 42.9 Å². The molecule has 34 heavy (non-hydrogen) atoms. The number of ether oxygens (including phenoxy) is 1. The first-order valence-electron chi connectivity index (χ1n) is 11.6. The average molecular weight is 463 g/mol. The Labute approximate surface area is 198 Å². The van der Waals surface area contributed by atoms with E-state index in [1.807, 2.05) is 50.2 Å². The van der Waals surface area contributed by atoms with Crippen LogP contribution >= 0.6 is 0 Å². The van der Waals surface area contributed by atoms with Gasteiger partial charge >= 0.3 is 0 Å². The molecule has 2 heterocycles. The second kappa shape index (κ2) is 10.6. The smallest absolute Gasteiger partial charge is 0.270 e. The second-order valence-corrected chi connectivity index (χ2v) is 8.73. The third-order valence-corrected chi connectivity index (χ3v) is 6.26. The number of hydrogen-bond acceptors (Lipinski definition) is 5. The number of carbonyl (C=O) groups is 2. The maximum absolute atomic E-state index is 13.1. The second-order valence-electron chi connectivity index (χ2n) is 8.73. The highest BCUT2D eigenvalue weighted by Crippen LogP contribution is 2.19. The Balaban J connectivity index is 1.44. The van der Waals surface area contributed by atoms with Crippen LogP contribution in [0.3, 0.4) is 0 Å². The van der Waals surface area contributed by atoms with Gasteiger partial charge in [0.1, 0.15) is 5.69 Å². The van der Waals surface area contributed by atoms with Crippen molar-refractivity contribution < 1.29 is 14.3 Å².